The number of rotatable bonds is 12. The molecule has 0 spiro atoms. The van der Waals surface area contributed by atoms with Gasteiger partial charge in [-0.2, -0.15) is 4.72 Å². The second kappa shape index (κ2) is 14.6. The molecule has 0 aliphatic carbocycles. The number of anilines is 1. The van der Waals surface area contributed by atoms with Gasteiger partial charge in [-0.1, -0.05) is 36.0 Å². The summed E-state index contributed by atoms with van der Waals surface area (Å²) < 4.78 is 40.3. The maximum Gasteiger partial charge on any atom is 0.419 e. The molecule has 0 saturated carbocycles. The summed E-state index contributed by atoms with van der Waals surface area (Å²) >= 11 is 0.744. The summed E-state index contributed by atoms with van der Waals surface area (Å²) in [7, 11) is -0.367. The van der Waals surface area contributed by atoms with Crippen LogP contribution in [0.5, 0.6) is 0 Å². The molecule has 236 valence electrons. The Hall–Kier alpha value is -4.14. The number of esters is 1. The van der Waals surface area contributed by atoms with Crippen molar-refractivity contribution in [2.75, 3.05) is 32.1 Å². The number of amides is 1. The molecule has 1 amide bonds. The number of thioether (sulfide) groups is 1. The highest BCUT2D eigenvalue weighted by Gasteiger charge is 2.25. The smallest absolute Gasteiger partial charge is 0.419 e. The molecular formula is C30H36N4O8S2. The molecule has 1 aromatic heterocycles. The number of carbonyl (C=O) groups is 4. The summed E-state index contributed by atoms with van der Waals surface area (Å²) in [5.41, 5.74) is 0.204. The van der Waals surface area contributed by atoms with E-state index in [0.29, 0.717) is 11.8 Å². The van der Waals surface area contributed by atoms with E-state index in [-0.39, 0.29) is 23.7 Å². The number of hydrogen-bond donors (Lipinski definition) is 1. The lowest BCUT2D eigenvalue weighted by atomic mass is 10.1. The SMILES string of the molecule is CC(NS(=O)(=O)c1cccc2c(N(C)C)cccc12)C(=O)OCCN(C=O)C=CSC(=O)c1cccn1C(=O)OC(C)(C)C. The summed E-state index contributed by atoms with van der Waals surface area (Å²) in [6, 6.07) is 12.1. The first kappa shape index (κ1) is 34.4. The lowest BCUT2D eigenvalue weighted by Gasteiger charge is -2.20. The van der Waals surface area contributed by atoms with Gasteiger partial charge in [-0.3, -0.25) is 14.4 Å². The van der Waals surface area contributed by atoms with Gasteiger partial charge in [0.2, 0.25) is 21.5 Å². The first-order valence-electron chi connectivity index (χ1n) is 13.5. The van der Waals surface area contributed by atoms with Crippen LogP contribution in [0.2, 0.25) is 0 Å². The molecule has 3 aromatic rings. The third-order valence-electron chi connectivity index (χ3n) is 6.02. The molecule has 1 heterocycles. The Bertz CT molecular complexity index is 1660. The van der Waals surface area contributed by atoms with Crippen molar-refractivity contribution >= 4 is 61.8 Å². The zero-order chi connectivity index (χ0) is 32.7. The molecular weight excluding hydrogens is 608 g/mol. The van der Waals surface area contributed by atoms with Gasteiger partial charge < -0.3 is 19.3 Å². The summed E-state index contributed by atoms with van der Waals surface area (Å²) in [5, 5.41) is 2.15. The topological polar surface area (TPSA) is 144 Å². The normalized spacial score (nSPS) is 12.6. The third kappa shape index (κ3) is 8.94. The predicted molar refractivity (Wildman–Crippen MR) is 169 cm³/mol. The molecule has 3 rings (SSSR count). The van der Waals surface area contributed by atoms with Crippen molar-refractivity contribution in [3.63, 3.8) is 0 Å². The van der Waals surface area contributed by atoms with Gasteiger partial charge in [0.1, 0.15) is 23.9 Å². The van der Waals surface area contributed by atoms with Crippen molar-refractivity contribution < 1.29 is 37.1 Å². The molecule has 0 aliphatic heterocycles. The van der Waals surface area contributed by atoms with Gasteiger partial charge >= 0.3 is 12.1 Å². The van der Waals surface area contributed by atoms with E-state index in [9.17, 15) is 27.6 Å². The van der Waals surface area contributed by atoms with E-state index < -0.39 is 38.8 Å². The van der Waals surface area contributed by atoms with Crippen molar-refractivity contribution in [3.8, 4) is 0 Å². The van der Waals surface area contributed by atoms with E-state index in [4.69, 9.17) is 9.47 Å². The van der Waals surface area contributed by atoms with Crippen LogP contribution in [0, 0.1) is 0 Å². The average Bonchev–Trinajstić information content (AvgIpc) is 3.45. The van der Waals surface area contributed by atoms with Gasteiger partial charge in [0.15, 0.2) is 0 Å². The summed E-state index contributed by atoms with van der Waals surface area (Å²) in [6.07, 6.45) is 2.52. The quantitative estimate of drug-likeness (QED) is 0.225. The van der Waals surface area contributed by atoms with E-state index in [2.05, 4.69) is 4.72 Å². The zero-order valence-electron chi connectivity index (χ0n) is 25.3. The van der Waals surface area contributed by atoms with Crippen molar-refractivity contribution in [1.82, 2.24) is 14.2 Å². The lowest BCUT2D eigenvalue weighted by Crippen LogP contribution is -2.40. The molecule has 1 unspecified atom stereocenters. The van der Waals surface area contributed by atoms with Crippen molar-refractivity contribution in [2.24, 2.45) is 0 Å². The predicted octanol–water partition coefficient (Wildman–Crippen LogP) is 4.20. The van der Waals surface area contributed by atoms with Crippen LogP contribution in [0.4, 0.5) is 10.5 Å². The van der Waals surface area contributed by atoms with Crippen LogP contribution in [-0.2, 0) is 29.1 Å². The largest absolute Gasteiger partial charge is 0.463 e. The Morgan fingerprint density at radius 1 is 1.05 bits per heavy atom. The van der Waals surface area contributed by atoms with Crippen LogP contribution in [0.15, 0.2) is 71.2 Å². The Kier molecular flexibility index (Phi) is 11.4. The summed E-state index contributed by atoms with van der Waals surface area (Å²) in [5.74, 6) is -0.829. The average molecular weight is 645 g/mol. The van der Waals surface area contributed by atoms with Gasteiger partial charge in [-0.15, -0.1) is 0 Å². The molecule has 0 radical (unpaired) electrons. The maximum atomic E-state index is 13.2. The highest BCUT2D eigenvalue weighted by Crippen LogP contribution is 2.30. The summed E-state index contributed by atoms with van der Waals surface area (Å²) in [4.78, 5) is 52.1. The van der Waals surface area contributed by atoms with E-state index in [1.54, 1.807) is 39.0 Å². The van der Waals surface area contributed by atoms with Crippen LogP contribution >= 0.6 is 11.8 Å². The van der Waals surface area contributed by atoms with Crippen molar-refractivity contribution in [2.45, 2.75) is 44.2 Å². The second-order valence-electron chi connectivity index (χ2n) is 10.8. The second-order valence-corrected chi connectivity index (χ2v) is 13.4. The monoisotopic (exact) mass is 644 g/mol. The minimum atomic E-state index is -4.09. The molecule has 14 heteroatoms. The van der Waals surface area contributed by atoms with Gasteiger partial charge in [0.05, 0.1) is 11.4 Å². The molecule has 0 aliphatic rings. The number of carbonyl (C=O) groups excluding carboxylic acids is 4. The van der Waals surface area contributed by atoms with Gasteiger partial charge in [-0.05, 0) is 57.4 Å². The highest BCUT2D eigenvalue weighted by molar-refractivity contribution is 8.16. The van der Waals surface area contributed by atoms with E-state index in [0.717, 1.165) is 32.3 Å². The van der Waals surface area contributed by atoms with Crippen LogP contribution in [-0.4, -0.2) is 80.4 Å². The molecule has 44 heavy (non-hydrogen) atoms. The molecule has 2 aromatic carbocycles. The zero-order valence-corrected chi connectivity index (χ0v) is 27.0. The first-order valence-corrected chi connectivity index (χ1v) is 15.9. The van der Waals surface area contributed by atoms with E-state index in [1.807, 2.05) is 31.1 Å². The number of nitrogens with zero attached hydrogens (tertiary/aromatic N) is 3. The first-order chi connectivity index (χ1) is 20.6. The molecule has 1 N–H and O–H groups in total. The fourth-order valence-corrected chi connectivity index (χ4v) is 6.06. The number of fused-ring (bicyclic) bond motifs is 1. The number of hydrogen-bond acceptors (Lipinski definition) is 10. The van der Waals surface area contributed by atoms with Gasteiger partial charge in [0, 0.05) is 43.0 Å². The minimum absolute atomic E-state index is 0.0287. The van der Waals surface area contributed by atoms with Crippen LogP contribution in [0.25, 0.3) is 10.8 Å². The lowest BCUT2D eigenvalue weighted by molar-refractivity contribution is -0.145. The maximum absolute atomic E-state index is 13.2. The van der Waals surface area contributed by atoms with Crippen LogP contribution < -0.4 is 9.62 Å². The van der Waals surface area contributed by atoms with Crippen molar-refractivity contribution in [3.05, 3.63) is 72.0 Å². The Labute approximate surface area is 261 Å². The Balaban J connectivity index is 1.54. The minimum Gasteiger partial charge on any atom is -0.463 e. The van der Waals surface area contributed by atoms with Gasteiger partial charge in [0.25, 0.3) is 0 Å². The highest BCUT2D eigenvalue weighted by atomic mass is 32.2. The van der Waals surface area contributed by atoms with E-state index in [1.165, 1.54) is 42.9 Å². The Morgan fingerprint density at radius 3 is 2.39 bits per heavy atom. The molecule has 1 atom stereocenters. The fraction of sp³-hybridized carbons (Fsp3) is 0.333. The summed E-state index contributed by atoms with van der Waals surface area (Å²) in [6.45, 7) is 6.22. The number of sulfonamides is 1. The van der Waals surface area contributed by atoms with Crippen molar-refractivity contribution in [1.29, 1.82) is 0 Å². The number of nitrogens with one attached hydrogen (secondary N) is 1. The third-order valence-corrected chi connectivity index (χ3v) is 8.30. The van der Waals surface area contributed by atoms with E-state index >= 15 is 0 Å². The number of ether oxygens (including phenoxy) is 2. The Morgan fingerprint density at radius 2 is 1.73 bits per heavy atom. The van der Waals surface area contributed by atoms with Crippen LogP contribution in [0.1, 0.15) is 38.2 Å². The van der Waals surface area contributed by atoms with Gasteiger partial charge in [-0.25, -0.2) is 17.8 Å². The molecule has 0 saturated heterocycles. The fourth-order valence-electron chi connectivity index (χ4n) is 4.02. The number of aromatic nitrogens is 1. The molecule has 12 nitrogen and oxygen atoms in total. The standard InChI is InChI=1S/C30H36N4O8S2/c1-21(31-44(39,40)26-14-8-10-22-23(26)11-7-12-24(22)32(5)6)27(36)41-18-16-33(20-35)17-19-43-28(37)25-13-9-15-34(25)29(38)42-30(2,3)4/h7-15,17,19-21,31H,16,18H2,1-6H3. The number of benzene rings is 2. The molecule has 0 bridgehead atoms. The molecule has 0 fully saturated rings. The van der Waals surface area contributed by atoms with Crippen LogP contribution in [0.3, 0.4) is 0 Å².